The number of fused-ring (bicyclic) bond motifs is 1. The van der Waals surface area contributed by atoms with Gasteiger partial charge < -0.3 is 9.88 Å². The number of hydrogen-bond donors (Lipinski definition) is 1. The van der Waals surface area contributed by atoms with Gasteiger partial charge in [0, 0.05) is 36.8 Å². The van der Waals surface area contributed by atoms with Crippen LogP contribution < -0.4 is 5.32 Å². The van der Waals surface area contributed by atoms with Crippen LogP contribution in [-0.4, -0.2) is 14.5 Å². The lowest BCUT2D eigenvalue weighted by Crippen LogP contribution is -1.95. The predicted octanol–water partition coefficient (Wildman–Crippen LogP) is 2.71. The van der Waals surface area contributed by atoms with Gasteiger partial charge in [-0.05, 0) is 29.7 Å². The van der Waals surface area contributed by atoms with E-state index in [0.29, 0.717) is 5.95 Å². The molecule has 0 fully saturated rings. The summed E-state index contributed by atoms with van der Waals surface area (Å²) in [7, 11) is 2.03. The molecule has 2 aromatic heterocycles. The average Bonchev–Trinajstić information content (AvgIpc) is 2.73. The van der Waals surface area contributed by atoms with Crippen LogP contribution >= 0.6 is 0 Å². The molecule has 0 spiro atoms. The smallest absolute Gasteiger partial charge is 0.227 e. The summed E-state index contributed by atoms with van der Waals surface area (Å²) in [5, 5.41) is 4.41. The van der Waals surface area contributed by atoms with Crippen LogP contribution in [0.5, 0.6) is 0 Å². The number of benzene rings is 1. The van der Waals surface area contributed by atoms with Gasteiger partial charge in [-0.25, -0.2) is 9.97 Å². The van der Waals surface area contributed by atoms with Crippen molar-refractivity contribution in [3.8, 4) is 0 Å². The monoisotopic (exact) mass is 224 g/mol. The molecular weight excluding hydrogens is 212 g/mol. The van der Waals surface area contributed by atoms with Crippen molar-refractivity contribution in [3.63, 3.8) is 0 Å². The zero-order chi connectivity index (χ0) is 11.7. The second kappa shape index (κ2) is 3.90. The molecule has 1 N–H and O–H groups in total. The van der Waals surface area contributed by atoms with Gasteiger partial charge in [0.05, 0.1) is 0 Å². The van der Waals surface area contributed by atoms with Crippen LogP contribution in [0.15, 0.2) is 48.9 Å². The summed E-state index contributed by atoms with van der Waals surface area (Å²) in [4.78, 5) is 8.27. The molecule has 0 aliphatic carbocycles. The maximum atomic E-state index is 4.14. The first-order chi connectivity index (χ1) is 8.33. The maximum absolute atomic E-state index is 4.14. The van der Waals surface area contributed by atoms with Crippen LogP contribution in [0.3, 0.4) is 0 Å². The van der Waals surface area contributed by atoms with E-state index in [1.807, 2.05) is 19.3 Å². The molecule has 0 amide bonds. The minimum atomic E-state index is 0.612. The van der Waals surface area contributed by atoms with Gasteiger partial charge in [0.15, 0.2) is 0 Å². The first kappa shape index (κ1) is 9.84. The summed E-state index contributed by atoms with van der Waals surface area (Å²) in [5.74, 6) is 0.612. The standard InChI is InChI=1S/C13H12N4/c1-17-8-5-10-3-4-11(9-12(10)17)16-13-14-6-2-7-15-13/h2-9H,1H3,(H,14,15,16). The Kier molecular flexibility index (Phi) is 2.26. The van der Waals surface area contributed by atoms with E-state index in [0.717, 1.165) is 5.69 Å². The molecule has 0 saturated heterocycles. The summed E-state index contributed by atoms with van der Waals surface area (Å²) in [6, 6.07) is 10.1. The molecule has 1 aromatic carbocycles. The van der Waals surface area contributed by atoms with Gasteiger partial charge in [-0.3, -0.25) is 0 Å². The summed E-state index contributed by atoms with van der Waals surface area (Å²) >= 11 is 0. The number of aromatic nitrogens is 3. The lowest BCUT2D eigenvalue weighted by atomic mass is 10.2. The van der Waals surface area contributed by atoms with E-state index >= 15 is 0 Å². The fraction of sp³-hybridized carbons (Fsp3) is 0.0769. The molecule has 2 heterocycles. The highest BCUT2D eigenvalue weighted by Gasteiger charge is 2.01. The van der Waals surface area contributed by atoms with Crippen LogP contribution in [-0.2, 0) is 7.05 Å². The van der Waals surface area contributed by atoms with E-state index in [4.69, 9.17) is 0 Å². The maximum Gasteiger partial charge on any atom is 0.227 e. The Morgan fingerprint density at radius 2 is 1.94 bits per heavy atom. The van der Waals surface area contributed by atoms with Gasteiger partial charge in [0.25, 0.3) is 0 Å². The third-order valence-electron chi connectivity index (χ3n) is 2.71. The van der Waals surface area contributed by atoms with Gasteiger partial charge in [-0.15, -0.1) is 0 Å². The highest BCUT2D eigenvalue weighted by Crippen LogP contribution is 2.21. The van der Waals surface area contributed by atoms with Crippen molar-refractivity contribution in [1.29, 1.82) is 0 Å². The van der Waals surface area contributed by atoms with Crippen molar-refractivity contribution in [2.45, 2.75) is 0 Å². The van der Waals surface area contributed by atoms with Crippen molar-refractivity contribution in [2.75, 3.05) is 5.32 Å². The molecule has 0 aliphatic heterocycles. The second-order valence-electron chi connectivity index (χ2n) is 3.90. The molecule has 17 heavy (non-hydrogen) atoms. The summed E-state index contributed by atoms with van der Waals surface area (Å²) in [6.07, 6.45) is 5.49. The second-order valence-corrected chi connectivity index (χ2v) is 3.90. The molecule has 0 bridgehead atoms. The number of nitrogens with zero attached hydrogens (tertiary/aromatic N) is 3. The van der Waals surface area contributed by atoms with Crippen LogP contribution in [0, 0.1) is 0 Å². The van der Waals surface area contributed by atoms with E-state index in [1.54, 1.807) is 18.5 Å². The van der Waals surface area contributed by atoms with E-state index in [1.165, 1.54) is 10.9 Å². The van der Waals surface area contributed by atoms with Crippen LogP contribution in [0.2, 0.25) is 0 Å². The number of nitrogens with one attached hydrogen (secondary N) is 1. The quantitative estimate of drug-likeness (QED) is 0.727. The molecule has 0 unspecified atom stereocenters. The number of anilines is 2. The Hall–Kier alpha value is -2.36. The SMILES string of the molecule is Cn1ccc2ccc(Nc3ncccn3)cc21. The topological polar surface area (TPSA) is 42.7 Å². The van der Waals surface area contributed by atoms with Crippen molar-refractivity contribution in [2.24, 2.45) is 7.05 Å². The lowest BCUT2D eigenvalue weighted by molar-refractivity contribution is 0.969. The van der Waals surface area contributed by atoms with Crippen LogP contribution in [0.1, 0.15) is 0 Å². The number of aryl methyl sites for hydroxylation is 1. The number of rotatable bonds is 2. The Morgan fingerprint density at radius 1 is 1.12 bits per heavy atom. The van der Waals surface area contributed by atoms with Gasteiger partial charge >= 0.3 is 0 Å². The first-order valence-corrected chi connectivity index (χ1v) is 5.42. The molecule has 0 atom stereocenters. The Morgan fingerprint density at radius 3 is 2.76 bits per heavy atom. The van der Waals surface area contributed by atoms with Crippen molar-refractivity contribution in [1.82, 2.24) is 14.5 Å². The summed E-state index contributed by atoms with van der Waals surface area (Å²) in [6.45, 7) is 0. The highest BCUT2D eigenvalue weighted by molar-refractivity contribution is 5.84. The fourth-order valence-electron chi connectivity index (χ4n) is 1.83. The largest absolute Gasteiger partial charge is 0.350 e. The zero-order valence-corrected chi connectivity index (χ0v) is 9.46. The Bertz CT molecular complexity index is 643. The molecule has 4 nitrogen and oxygen atoms in total. The molecule has 0 aliphatic rings. The summed E-state index contributed by atoms with van der Waals surface area (Å²) in [5.41, 5.74) is 2.18. The van der Waals surface area contributed by atoms with Crippen LogP contribution in [0.25, 0.3) is 10.9 Å². The van der Waals surface area contributed by atoms with E-state index in [9.17, 15) is 0 Å². The molecule has 0 saturated carbocycles. The molecular formula is C13H12N4. The van der Waals surface area contributed by atoms with Crippen molar-refractivity contribution in [3.05, 3.63) is 48.9 Å². The highest BCUT2D eigenvalue weighted by atomic mass is 15.1. The van der Waals surface area contributed by atoms with Gasteiger partial charge in [-0.1, -0.05) is 6.07 Å². The third kappa shape index (κ3) is 1.85. The Labute approximate surface area is 98.9 Å². The number of hydrogen-bond acceptors (Lipinski definition) is 3. The lowest BCUT2D eigenvalue weighted by Gasteiger charge is -2.05. The predicted molar refractivity (Wildman–Crippen MR) is 68.2 cm³/mol. The third-order valence-corrected chi connectivity index (χ3v) is 2.71. The molecule has 3 rings (SSSR count). The van der Waals surface area contributed by atoms with Gasteiger partial charge in [0.1, 0.15) is 0 Å². The zero-order valence-electron chi connectivity index (χ0n) is 9.46. The molecule has 3 aromatic rings. The first-order valence-electron chi connectivity index (χ1n) is 5.42. The van der Waals surface area contributed by atoms with E-state index in [2.05, 4.69) is 38.1 Å². The molecule has 84 valence electrons. The van der Waals surface area contributed by atoms with E-state index in [-0.39, 0.29) is 0 Å². The molecule has 4 heteroatoms. The van der Waals surface area contributed by atoms with Crippen molar-refractivity contribution >= 4 is 22.5 Å². The normalized spacial score (nSPS) is 10.6. The van der Waals surface area contributed by atoms with Crippen LogP contribution in [0.4, 0.5) is 11.6 Å². The van der Waals surface area contributed by atoms with Gasteiger partial charge in [0.2, 0.25) is 5.95 Å². The minimum absolute atomic E-state index is 0.612. The average molecular weight is 224 g/mol. The fourth-order valence-corrected chi connectivity index (χ4v) is 1.83. The van der Waals surface area contributed by atoms with Gasteiger partial charge in [-0.2, -0.15) is 0 Å². The minimum Gasteiger partial charge on any atom is -0.350 e. The summed E-state index contributed by atoms with van der Waals surface area (Å²) < 4.78 is 2.09. The van der Waals surface area contributed by atoms with Crippen molar-refractivity contribution < 1.29 is 0 Å². The Balaban J connectivity index is 1.98. The van der Waals surface area contributed by atoms with E-state index < -0.39 is 0 Å². The molecule has 0 radical (unpaired) electrons.